The van der Waals surface area contributed by atoms with Crippen molar-refractivity contribution in [2.75, 3.05) is 52.5 Å². The number of carboxylic acids is 2. The number of hydrogen-bond donors (Lipinski definition) is 4. The minimum Gasteiger partial charge on any atom is -0.473 e. The Kier molecular flexibility index (Phi) is 12.8. The molecule has 0 aromatic carbocycles. The molecule has 4 aliphatic heterocycles. The van der Waals surface area contributed by atoms with Crippen LogP contribution in [0.1, 0.15) is 68.2 Å². The lowest BCUT2D eigenvalue weighted by atomic mass is 9.79. The molecule has 46 heavy (non-hydrogen) atoms. The summed E-state index contributed by atoms with van der Waals surface area (Å²) in [6.45, 7) is 19.0. The Bertz CT molecular complexity index is 1050. The van der Waals surface area contributed by atoms with E-state index in [1.165, 1.54) is 0 Å². The van der Waals surface area contributed by atoms with Gasteiger partial charge >= 0.3 is 36.1 Å². The van der Waals surface area contributed by atoms with Crippen LogP contribution in [0.15, 0.2) is 0 Å². The van der Waals surface area contributed by atoms with Gasteiger partial charge in [0.2, 0.25) is 0 Å². The fraction of sp³-hybridized carbons (Fsp3) is 0.800. The molecule has 4 rings (SSSR count). The Morgan fingerprint density at radius 2 is 0.957 bits per heavy atom. The summed E-state index contributed by atoms with van der Waals surface area (Å²) in [6, 6.07) is 0. The van der Waals surface area contributed by atoms with E-state index in [2.05, 4.69) is 10.6 Å². The van der Waals surface area contributed by atoms with Crippen molar-refractivity contribution >= 4 is 36.1 Å². The van der Waals surface area contributed by atoms with Crippen molar-refractivity contribution in [2.45, 2.75) is 90.5 Å². The zero-order valence-electron chi connectivity index (χ0n) is 28.1. The summed E-state index contributed by atoms with van der Waals surface area (Å²) in [4.78, 5) is 69.3. The summed E-state index contributed by atoms with van der Waals surface area (Å²) in [5, 5.41) is 21.5. The highest BCUT2D eigenvalue weighted by Gasteiger charge is 2.58. The quantitative estimate of drug-likeness (QED) is 0.191. The Labute approximate surface area is 269 Å². The summed E-state index contributed by atoms with van der Waals surface area (Å²) in [5.41, 5.74) is -1.63. The average Bonchev–Trinajstić information content (AvgIpc) is 3.51. The molecular weight excluding hydrogens is 608 g/mol. The summed E-state index contributed by atoms with van der Waals surface area (Å²) in [5.74, 6) is -4.31. The van der Waals surface area contributed by atoms with E-state index in [1.807, 2.05) is 41.5 Å². The number of esters is 2. The third-order valence-corrected chi connectivity index (χ3v) is 7.67. The number of nitrogens with zero attached hydrogens (tertiary/aromatic N) is 2. The highest BCUT2D eigenvalue weighted by Crippen LogP contribution is 2.38. The van der Waals surface area contributed by atoms with Gasteiger partial charge < -0.3 is 49.6 Å². The van der Waals surface area contributed by atoms with Crippen LogP contribution in [0.5, 0.6) is 0 Å². The number of nitrogens with one attached hydrogen (secondary N) is 2. The lowest BCUT2D eigenvalue weighted by Crippen LogP contribution is -2.72. The molecule has 4 N–H and O–H groups in total. The summed E-state index contributed by atoms with van der Waals surface area (Å²) in [6.07, 6.45) is 0.890. The Morgan fingerprint density at radius 1 is 0.652 bits per heavy atom. The number of carbonyl (C=O) groups is 6. The zero-order valence-corrected chi connectivity index (χ0v) is 28.1. The molecule has 4 fully saturated rings. The van der Waals surface area contributed by atoms with E-state index < -0.39 is 23.1 Å². The topological polar surface area (TPSA) is 210 Å². The van der Waals surface area contributed by atoms with Crippen LogP contribution >= 0.6 is 0 Å². The molecule has 2 amide bonds. The number of ether oxygens (including phenoxy) is 4. The van der Waals surface area contributed by atoms with Gasteiger partial charge in [-0.1, -0.05) is 0 Å². The van der Waals surface area contributed by atoms with E-state index in [0.29, 0.717) is 39.4 Å². The number of aliphatic carboxylic acids is 2. The zero-order chi connectivity index (χ0) is 35.1. The Hall–Kier alpha value is -3.66. The first kappa shape index (κ1) is 38.5. The van der Waals surface area contributed by atoms with E-state index in [1.54, 1.807) is 23.6 Å². The Balaban J connectivity index is 0.000000273. The predicted octanol–water partition coefficient (Wildman–Crippen LogP) is 1.45. The SMILES string of the molecule is CCOC(=O)C1CCNC12CN(C(=O)OC(C)(C)C)C2.CCOC(=O)C1CCNC12CN(C(=O)OC(C)(C)C)C2.O=C(O)C(=O)O. The third-order valence-electron chi connectivity index (χ3n) is 7.67. The van der Waals surface area contributed by atoms with Gasteiger partial charge in [-0.3, -0.25) is 9.59 Å². The lowest BCUT2D eigenvalue weighted by Gasteiger charge is -2.50. The van der Waals surface area contributed by atoms with Gasteiger partial charge in [-0.15, -0.1) is 0 Å². The first-order valence-corrected chi connectivity index (χ1v) is 15.4. The smallest absolute Gasteiger partial charge is 0.414 e. The van der Waals surface area contributed by atoms with Crippen LogP contribution in [0.3, 0.4) is 0 Å². The van der Waals surface area contributed by atoms with Gasteiger partial charge in [-0.05, 0) is 81.3 Å². The fourth-order valence-corrected chi connectivity index (χ4v) is 5.75. The molecule has 0 aromatic heterocycles. The van der Waals surface area contributed by atoms with Gasteiger partial charge in [0.15, 0.2) is 0 Å². The van der Waals surface area contributed by atoms with Crippen LogP contribution in [0, 0.1) is 11.8 Å². The number of likely N-dealkylation sites (tertiary alicyclic amines) is 2. The molecular formula is C30H50N4O12. The number of hydrogen-bond acceptors (Lipinski definition) is 12. The van der Waals surface area contributed by atoms with Crippen molar-refractivity contribution in [3.05, 3.63) is 0 Å². The molecule has 0 saturated carbocycles. The molecule has 2 unspecified atom stereocenters. The molecule has 0 aromatic rings. The molecule has 0 aliphatic carbocycles. The van der Waals surface area contributed by atoms with Crippen molar-refractivity contribution in [3.8, 4) is 0 Å². The standard InChI is InChI=1S/2C14H24N2O4.C2H2O4/c2*1-5-19-11(17)10-6-7-15-14(10)8-16(9-14)12(18)20-13(2,3)4;3-1(4)2(5)6/h2*10,15H,5-9H2,1-4H3;(H,3,4)(H,5,6). The monoisotopic (exact) mass is 658 g/mol. The molecule has 2 spiro atoms. The summed E-state index contributed by atoms with van der Waals surface area (Å²) in [7, 11) is 0. The van der Waals surface area contributed by atoms with Crippen molar-refractivity contribution < 1.29 is 57.9 Å². The normalized spacial score (nSPS) is 22.2. The second-order valence-corrected chi connectivity index (χ2v) is 13.6. The van der Waals surface area contributed by atoms with Gasteiger partial charge in [-0.25, -0.2) is 19.2 Å². The first-order chi connectivity index (χ1) is 21.2. The molecule has 0 radical (unpaired) electrons. The highest BCUT2D eigenvalue weighted by atomic mass is 16.6. The van der Waals surface area contributed by atoms with Crippen molar-refractivity contribution in [3.63, 3.8) is 0 Å². The second-order valence-electron chi connectivity index (χ2n) is 13.6. The van der Waals surface area contributed by atoms with Crippen LogP contribution in [0.4, 0.5) is 9.59 Å². The average molecular weight is 659 g/mol. The molecule has 4 heterocycles. The van der Waals surface area contributed by atoms with Crippen LogP contribution in [-0.2, 0) is 38.1 Å². The highest BCUT2D eigenvalue weighted by molar-refractivity contribution is 6.27. The molecule has 0 bridgehead atoms. The third kappa shape index (κ3) is 10.2. The van der Waals surface area contributed by atoms with E-state index in [-0.39, 0.29) is 47.0 Å². The molecule has 2 atom stereocenters. The van der Waals surface area contributed by atoms with Gasteiger partial charge in [0, 0.05) is 26.2 Å². The van der Waals surface area contributed by atoms with E-state index in [0.717, 1.165) is 25.9 Å². The maximum atomic E-state index is 12.0. The number of carboxylic acid groups (broad SMARTS) is 2. The Morgan fingerprint density at radius 3 is 1.20 bits per heavy atom. The van der Waals surface area contributed by atoms with Gasteiger partial charge in [0.25, 0.3) is 0 Å². The van der Waals surface area contributed by atoms with Crippen LogP contribution in [0.25, 0.3) is 0 Å². The van der Waals surface area contributed by atoms with Gasteiger partial charge in [0.05, 0.1) is 36.1 Å². The van der Waals surface area contributed by atoms with Crippen molar-refractivity contribution in [1.82, 2.24) is 20.4 Å². The molecule has 16 nitrogen and oxygen atoms in total. The first-order valence-electron chi connectivity index (χ1n) is 15.4. The second kappa shape index (κ2) is 15.3. The maximum absolute atomic E-state index is 12.0. The minimum atomic E-state index is -1.82. The van der Waals surface area contributed by atoms with Gasteiger partial charge in [0.1, 0.15) is 11.2 Å². The predicted molar refractivity (Wildman–Crippen MR) is 162 cm³/mol. The molecule has 262 valence electrons. The lowest BCUT2D eigenvalue weighted by molar-refractivity contribution is -0.159. The molecule has 16 heteroatoms. The number of carbonyl (C=O) groups excluding carboxylic acids is 4. The van der Waals surface area contributed by atoms with Gasteiger partial charge in [-0.2, -0.15) is 0 Å². The van der Waals surface area contributed by atoms with Crippen LogP contribution in [-0.4, -0.2) is 131 Å². The van der Waals surface area contributed by atoms with E-state index >= 15 is 0 Å². The molecule has 4 aliphatic rings. The van der Waals surface area contributed by atoms with E-state index in [4.69, 9.17) is 38.7 Å². The fourth-order valence-electron chi connectivity index (χ4n) is 5.75. The maximum Gasteiger partial charge on any atom is 0.414 e. The number of amides is 2. The van der Waals surface area contributed by atoms with Crippen molar-refractivity contribution in [2.24, 2.45) is 11.8 Å². The largest absolute Gasteiger partial charge is 0.473 e. The van der Waals surface area contributed by atoms with Crippen LogP contribution < -0.4 is 10.6 Å². The van der Waals surface area contributed by atoms with Crippen molar-refractivity contribution in [1.29, 1.82) is 0 Å². The van der Waals surface area contributed by atoms with Crippen LogP contribution in [0.2, 0.25) is 0 Å². The minimum absolute atomic E-state index is 0.165. The number of rotatable bonds is 4. The molecule has 4 saturated heterocycles. The van der Waals surface area contributed by atoms with E-state index in [9.17, 15) is 19.2 Å². The summed E-state index contributed by atoms with van der Waals surface area (Å²) >= 11 is 0. The summed E-state index contributed by atoms with van der Waals surface area (Å²) < 4.78 is 20.9.